The Kier molecular flexibility index (Phi) is 8.29. The van der Waals surface area contributed by atoms with E-state index < -0.39 is 23.1 Å². The first-order valence-corrected chi connectivity index (χ1v) is 3.26. The van der Waals surface area contributed by atoms with Crippen LogP contribution in [0, 0.1) is 0 Å². The van der Waals surface area contributed by atoms with Gasteiger partial charge in [-0.3, -0.25) is 0 Å². The fraction of sp³-hybridized carbons (Fsp3) is 0.500. The van der Waals surface area contributed by atoms with Crippen LogP contribution in [0.25, 0.3) is 0 Å². The number of hydrogen-bond acceptors (Lipinski definition) is 4. The molecule has 0 aliphatic carbocycles. The third-order valence-electron chi connectivity index (χ3n) is 0.410. The summed E-state index contributed by atoms with van der Waals surface area (Å²) in [4.78, 5) is 18.2. The largest absolute Gasteiger partial charge is 0.473 e. The van der Waals surface area contributed by atoms with Crippen LogP contribution in [0.15, 0.2) is 0 Å². The molecule has 0 radical (unpaired) electrons. The van der Waals surface area contributed by atoms with Gasteiger partial charge >= 0.3 is 11.9 Å². The van der Waals surface area contributed by atoms with Gasteiger partial charge in [0.05, 0.1) is 0 Å². The van der Waals surface area contributed by atoms with Crippen LogP contribution in [-0.4, -0.2) is 43.5 Å². The molecule has 0 bridgehead atoms. The first-order chi connectivity index (χ1) is 5.29. The van der Waals surface area contributed by atoms with Crippen molar-refractivity contribution in [2.75, 3.05) is 0 Å². The van der Waals surface area contributed by atoms with Crippen molar-refractivity contribution in [2.24, 2.45) is 0 Å². The summed E-state index contributed by atoms with van der Waals surface area (Å²) in [6.45, 7) is 0. The van der Waals surface area contributed by atoms with Gasteiger partial charge in [0.1, 0.15) is 0 Å². The number of rotatable bonds is 1. The highest BCUT2D eigenvalue weighted by molar-refractivity contribution is 6.28. The molecule has 6 nitrogen and oxygen atoms in total. The molecule has 72 valence electrons. The number of aliphatic hydroxyl groups is 2. The minimum atomic E-state index is -1.82. The number of halogens is 2. The zero-order chi connectivity index (χ0) is 10.3. The van der Waals surface area contributed by atoms with Crippen LogP contribution in [0.4, 0.5) is 0 Å². The van der Waals surface area contributed by atoms with Gasteiger partial charge in [-0.25, -0.2) is 9.59 Å². The van der Waals surface area contributed by atoms with E-state index in [-0.39, 0.29) is 0 Å². The Morgan fingerprint density at radius 2 is 1.08 bits per heavy atom. The van der Waals surface area contributed by atoms with Gasteiger partial charge < -0.3 is 20.4 Å². The molecule has 0 amide bonds. The Bertz CT molecular complexity index is 138. The molecule has 0 rings (SSSR count). The molecular formula is C4H6Cl2O6. The van der Waals surface area contributed by atoms with Crippen LogP contribution in [0.3, 0.4) is 0 Å². The smallest absolute Gasteiger partial charge is 0.414 e. The predicted octanol–water partition coefficient (Wildman–Crippen LogP) is -0.744. The van der Waals surface area contributed by atoms with Crippen LogP contribution in [0.2, 0.25) is 0 Å². The standard InChI is InChI=1S/C2H4Cl2O2.C2H2O4/c3-1(5)2(4)6;3-1(4)2(5)6/h1-2,5-6H;(H,3,4)(H,5,6). The summed E-state index contributed by atoms with van der Waals surface area (Å²) < 4.78 is 0. The van der Waals surface area contributed by atoms with E-state index in [0.717, 1.165) is 0 Å². The second kappa shape index (κ2) is 7.11. The number of hydrogen-bond donors (Lipinski definition) is 4. The maximum atomic E-state index is 9.10. The molecular weight excluding hydrogens is 215 g/mol. The third-order valence-corrected chi connectivity index (χ3v) is 1.02. The van der Waals surface area contributed by atoms with Gasteiger partial charge in [0, 0.05) is 0 Å². The fourth-order valence-corrected chi connectivity index (χ4v) is 0. The first-order valence-electron chi connectivity index (χ1n) is 2.39. The van der Waals surface area contributed by atoms with Gasteiger partial charge in [-0.15, -0.1) is 0 Å². The maximum absolute atomic E-state index is 9.10. The number of carboxylic acid groups (broad SMARTS) is 2. The summed E-state index contributed by atoms with van der Waals surface area (Å²) in [6, 6.07) is 0. The molecule has 0 heterocycles. The van der Waals surface area contributed by atoms with Crippen molar-refractivity contribution in [2.45, 2.75) is 11.1 Å². The summed E-state index contributed by atoms with van der Waals surface area (Å²) in [5, 5.41) is 30.8. The summed E-state index contributed by atoms with van der Waals surface area (Å²) in [7, 11) is 0. The van der Waals surface area contributed by atoms with E-state index in [1.54, 1.807) is 0 Å². The summed E-state index contributed by atoms with van der Waals surface area (Å²) in [5.41, 5.74) is -2.71. The zero-order valence-corrected chi connectivity index (χ0v) is 7.03. The zero-order valence-electron chi connectivity index (χ0n) is 5.52. The van der Waals surface area contributed by atoms with Crippen molar-refractivity contribution in [1.82, 2.24) is 0 Å². The van der Waals surface area contributed by atoms with E-state index in [1.807, 2.05) is 0 Å². The molecule has 0 fully saturated rings. The van der Waals surface area contributed by atoms with Crippen molar-refractivity contribution in [3.63, 3.8) is 0 Å². The molecule has 4 N–H and O–H groups in total. The molecule has 0 aromatic heterocycles. The van der Waals surface area contributed by atoms with Gasteiger partial charge in [0.15, 0.2) is 11.1 Å². The quantitative estimate of drug-likeness (QED) is 0.342. The average molecular weight is 221 g/mol. The lowest BCUT2D eigenvalue weighted by Crippen LogP contribution is -2.11. The molecule has 2 atom stereocenters. The normalized spacial score (nSPS) is 13.7. The topological polar surface area (TPSA) is 115 Å². The number of alkyl halides is 2. The number of aliphatic carboxylic acids is 2. The van der Waals surface area contributed by atoms with E-state index in [9.17, 15) is 0 Å². The van der Waals surface area contributed by atoms with Crippen molar-refractivity contribution in [1.29, 1.82) is 0 Å². The molecule has 0 aliphatic heterocycles. The summed E-state index contributed by atoms with van der Waals surface area (Å²) >= 11 is 9.57. The monoisotopic (exact) mass is 220 g/mol. The average Bonchev–Trinajstić information content (AvgIpc) is 1.88. The molecule has 0 saturated carbocycles. The molecule has 8 heteroatoms. The van der Waals surface area contributed by atoms with Gasteiger partial charge in [-0.2, -0.15) is 0 Å². The molecule has 12 heavy (non-hydrogen) atoms. The third kappa shape index (κ3) is 12.1. The Hall–Kier alpha value is -0.560. The minimum Gasteiger partial charge on any atom is -0.473 e. The number of aliphatic hydroxyl groups excluding tert-OH is 2. The molecule has 0 aromatic carbocycles. The Balaban J connectivity index is 0. The van der Waals surface area contributed by atoms with Crippen LogP contribution in [0.5, 0.6) is 0 Å². The lowest BCUT2D eigenvalue weighted by atomic mass is 10.7. The maximum Gasteiger partial charge on any atom is 0.414 e. The highest BCUT2D eigenvalue weighted by Gasteiger charge is 2.05. The highest BCUT2D eigenvalue weighted by Crippen LogP contribution is 2.00. The van der Waals surface area contributed by atoms with Gasteiger partial charge in [0.2, 0.25) is 0 Å². The van der Waals surface area contributed by atoms with Crippen LogP contribution in [-0.2, 0) is 9.59 Å². The number of carboxylic acids is 2. The van der Waals surface area contributed by atoms with Crippen LogP contribution in [0.1, 0.15) is 0 Å². The van der Waals surface area contributed by atoms with Crippen LogP contribution >= 0.6 is 23.2 Å². The highest BCUT2D eigenvalue weighted by atomic mass is 35.5. The van der Waals surface area contributed by atoms with E-state index in [4.69, 9.17) is 53.2 Å². The number of carbonyl (C=O) groups is 2. The molecule has 0 aromatic rings. The lowest BCUT2D eigenvalue weighted by Gasteiger charge is -1.98. The van der Waals surface area contributed by atoms with Crippen molar-refractivity contribution < 1.29 is 30.0 Å². The fourth-order valence-electron chi connectivity index (χ4n) is 0. The van der Waals surface area contributed by atoms with E-state index in [0.29, 0.717) is 0 Å². The predicted molar refractivity (Wildman–Crippen MR) is 39.0 cm³/mol. The van der Waals surface area contributed by atoms with Crippen molar-refractivity contribution in [3.05, 3.63) is 0 Å². The minimum absolute atomic E-state index is 1.35. The summed E-state index contributed by atoms with van der Waals surface area (Å²) in [6.07, 6.45) is 0. The Morgan fingerprint density at radius 3 is 1.08 bits per heavy atom. The SMILES string of the molecule is O=C(O)C(=O)O.OC(Cl)C(O)Cl. The second-order valence-corrected chi connectivity index (χ2v) is 2.25. The van der Waals surface area contributed by atoms with Crippen molar-refractivity contribution >= 4 is 35.1 Å². The summed E-state index contributed by atoms with van der Waals surface area (Å²) in [5.74, 6) is -3.65. The van der Waals surface area contributed by atoms with Crippen molar-refractivity contribution in [3.8, 4) is 0 Å². The van der Waals surface area contributed by atoms with Gasteiger partial charge in [0.25, 0.3) is 0 Å². The second-order valence-electron chi connectivity index (χ2n) is 1.36. The molecule has 2 unspecified atom stereocenters. The van der Waals surface area contributed by atoms with Gasteiger partial charge in [-0.1, -0.05) is 23.2 Å². The van der Waals surface area contributed by atoms with Crippen LogP contribution < -0.4 is 0 Å². The molecule has 0 saturated heterocycles. The van der Waals surface area contributed by atoms with E-state index >= 15 is 0 Å². The molecule has 0 spiro atoms. The molecule has 0 aliphatic rings. The van der Waals surface area contributed by atoms with E-state index in [2.05, 4.69) is 0 Å². The lowest BCUT2D eigenvalue weighted by molar-refractivity contribution is -0.159. The Labute approximate surface area is 76.9 Å². The van der Waals surface area contributed by atoms with Gasteiger partial charge in [-0.05, 0) is 0 Å². The van der Waals surface area contributed by atoms with E-state index in [1.165, 1.54) is 0 Å². The Morgan fingerprint density at radius 1 is 0.917 bits per heavy atom. The first kappa shape index (κ1) is 14.0.